The Labute approximate surface area is 162 Å². The molecule has 7 heteroatoms. The molecule has 2 aliphatic carbocycles. The lowest BCUT2D eigenvalue weighted by Gasteiger charge is -2.41. The number of Topliss-reactive ketones (excluding diaryl/α,β-unsaturated/α-hetero) is 1. The summed E-state index contributed by atoms with van der Waals surface area (Å²) in [7, 11) is 0. The average Bonchev–Trinajstić information content (AvgIpc) is 2.60. The molecule has 0 bridgehead atoms. The maximum Gasteiger partial charge on any atom is 0.186 e. The van der Waals surface area contributed by atoms with Crippen LogP contribution in [0.4, 0.5) is 0 Å². The number of fused-ring (bicyclic) bond motifs is 1. The number of benzene rings is 1. The lowest BCUT2D eigenvalue weighted by atomic mass is 9.70. The molecule has 0 spiro atoms. The molecule has 0 amide bonds. The minimum Gasteiger partial charge on any atom is -0.508 e. The fourth-order valence-corrected chi connectivity index (χ4v) is 4.59. The van der Waals surface area contributed by atoms with Crippen molar-refractivity contribution in [2.24, 2.45) is 5.92 Å². The molecule has 1 fully saturated rings. The first-order valence-electron chi connectivity index (χ1n) is 9.39. The van der Waals surface area contributed by atoms with Gasteiger partial charge in [0.15, 0.2) is 5.78 Å². The van der Waals surface area contributed by atoms with Crippen molar-refractivity contribution in [3.8, 4) is 5.75 Å². The van der Waals surface area contributed by atoms with E-state index in [2.05, 4.69) is 0 Å². The third-order valence-corrected chi connectivity index (χ3v) is 5.87. The van der Waals surface area contributed by atoms with Crippen LogP contribution in [-0.4, -0.2) is 62.0 Å². The van der Waals surface area contributed by atoms with Crippen molar-refractivity contribution in [3.05, 3.63) is 40.0 Å². The van der Waals surface area contributed by atoms with Crippen molar-refractivity contribution in [1.29, 1.82) is 0 Å². The van der Waals surface area contributed by atoms with E-state index in [0.717, 1.165) is 0 Å². The topological polar surface area (TPSA) is 135 Å². The van der Waals surface area contributed by atoms with Gasteiger partial charge in [0.1, 0.15) is 17.6 Å². The summed E-state index contributed by atoms with van der Waals surface area (Å²) in [6.45, 7) is 2.76. The number of phenols is 1. The SMILES string of the molecule is CC(=O)CC1=CC(=O)c2c(C)cc(O)c([C@@H]3C[C@@H](CO)[C@H](O)[C@@H](O)[C@@H]3O)c2C1. The van der Waals surface area contributed by atoms with E-state index in [1.165, 1.54) is 19.1 Å². The van der Waals surface area contributed by atoms with E-state index in [4.69, 9.17) is 0 Å². The second-order valence-electron chi connectivity index (χ2n) is 7.96. The van der Waals surface area contributed by atoms with E-state index in [1.807, 2.05) is 0 Å². The molecular formula is C21H26O7. The summed E-state index contributed by atoms with van der Waals surface area (Å²) in [4.78, 5) is 24.2. The van der Waals surface area contributed by atoms with Crippen molar-refractivity contribution < 1.29 is 35.1 Å². The van der Waals surface area contributed by atoms with Crippen LogP contribution in [0.5, 0.6) is 5.75 Å². The highest BCUT2D eigenvalue weighted by molar-refractivity contribution is 6.09. The lowest BCUT2D eigenvalue weighted by molar-refractivity contribution is -0.127. The number of carbonyl (C=O) groups excluding carboxylic acids is 2. The number of hydrogen-bond donors (Lipinski definition) is 5. The molecule has 5 atom stereocenters. The number of aryl methyl sites for hydroxylation is 1. The molecule has 152 valence electrons. The van der Waals surface area contributed by atoms with Gasteiger partial charge in [-0.15, -0.1) is 0 Å². The van der Waals surface area contributed by atoms with Gasteiger partial charge in [-0.2, -0.15) is 0 Å². The third kappa shape index (κ3) is 3.51. The van der Waals surface area contributed by atoms with Gasteiger partial charge < -0.3 is 25.5 Å². The first-order chi connectivity index (χ1) is 13.1. The lowest BCUT2D eigenvalue weighted by Crippen LogP contribution is -2.51. The van der Waals surface area contributed by atoms with Gasteiger partial charge in [-0.05, 0) is 50.0 Å². The van der Waals surface area contributed by atoms with Gasteiger partial charge in [0.25, 0.3) is 0 Å². The fourth-order valence-electron chi connectivity index (χ4n) is 4.59. The zero-order chi connectivity index (χ0) is 20.7. The monoisotopic (exact) mass is 390 g/mol. The summed E-state index contributed by atoms with van der Waals surface area (Å²) < 4.78 is 0. The average molecular weight is 390 g/mol. The van der Waals surface area contributed by atoms with Crippen molar-refractivity contribution in [3.63, 3.8) is 0 Å². The minimum absolute atomic E-state index is 0.0856. The molecule has 0 unspecified atom stereocenters. The predicted octanol–water partition coefficient (Wildman–Crippen LogP) is 0.523. The Bertz CT molecular complexity index is 840. The maximum absolute atomic E-state index is 12.7. The van der Waals surface area contributed by atoms with E-state index in [-0.39, 0.29) is 43.2 Å². The normalized spacial score (nSPS) is 30.0. The van der Waals surface area contributed by atoms with E-state index >= 15 is 0 Å². The molecule has 5 N–H and O–H groups in total. The van der Waals surface area contributed by atoms with Gasteiger partial charge >= 0.3 is 0 Å². The standard InChI is InChI=1S/C21H26O7/c1-9-3-15(24)18(14-7-12(8-22)19(26)21(28)20(14)27)13-5-11(4-10(2)23)6-16(25)17(9)13/h3,6,12,14,19-22,24,26-28H,4-5,7-8H2,1-2H3/t12-,14-,19-,20+,21+/m0/s1. The Morgan fingerprint density at radius 1 is 1.18 bits per heavy atom. The van der Waals surface area contributed by atoms with Crippen LogP contribution in [0.3, 0.4) is 0 Å². The van der Waals surface area contributed by atoms with Crippen molar-refractivity contribution in [2.45, 2.75) is 57.3 Å². The highest BCUT2D eigenvalue weighted by Crippen LogP contribution is 2.45. The molecule has 28 heavy (non-hydrogen) atoms. The zero-order valence-corrected chi connectivity index (χ0v) is 15.9. The summed E-state index contributed by atoms with van der Waals surface area (Å²) in [5, 5.41) is 51.1. The Balaban J connectivity index is 2.12. The van der Waals surface area contributed by atoms with Crippen LogP contribution in [0.25, 0.3) is 0 Å². The van der Waals surface area contributed by atoms with Crippen LogP contribution >= 0.6 is 0 Å². The first kappa shape index (κ1) is 20.7. The van der Waals surface area contributed by atoms with Crippen LogP contribution in [0.1, 0.15) is 52.7 Å². The summed E-state index contributed by atoms with van der Waals surface area (Å²) in [6, 6.07) is 1.45. The number of allylic oxidation sites excluding steroid dienone is 2. The number of hydrogen-bond acceptors (Lipinski definition) is 7. The molecule has 0 saturated heterocycles. The summed E-state index contributed by atoms with van der Waals surface area (Å²) >= 11 is 0. The van der Waals surface area contributed by atoms with Crippen molar-refractivity contribution >= 4 is 11.6 Å². The molecule has 1 saturated carbocycles. The second kappa shape index (κ2) is 7.75. The van der Waals surface area contributed by atoms with E-state index in [0.29, 0.717) is 27.8 Å². The number of ketones is 2. The number of rotatable bonds is 4. The van der Waals surface area contributed by atoms with Crippen molar-refractivity contribution in [1.82, 2.24) is 0 Å². The Kier molecular flexibility index (Phi) is 5.72. The molecule has 0 radical (unpaired) electrons. The van der Waals surface area contributed by atoms with Gasteiger partial charge in [-0.25, -0.2) is 0 Å². The molecule has 1 aromatic rings. The molecule has 0 aromatic heterocycles. The Morgan fingerprint density at radius 2 is 1.86 bits per heavy atom. The van der Waals surface area contributed by atoms with Crippen molar-refractivity contribution in [2.75, 3.05) is 6.61 Å². The van der Waals surface area contributed by atoms with Gasteiger partial charge in [0.05, 0.1) is 12.2 Å². The highest BCUT2D eigenvalue weighted by Gasteiger charge is 2.45. The predicted molar refractivity (Wildman–Crippen MR) is 100 cm³/mol. The van der Waals surface area contributed by atoms with Crippen LogP contribution in [-0.2, 0) is 11.2 Å². The molecule has 0 heterocycles. The molecular weight excluding hydrogens is 364 g/mol. The quantitative estimate of drug-likeness (QED) is 0.506. The minimum atomic E-state index is -1.49. The summed E-state index contributed by atoms with van der Waals surface area (Å²) in [6.07, 6.45) is -2.16. The molecule has 2 aliphatic rings. The highest BCUT2D eigenvalue weighted by atomic mass is 16.4. The van der Waals surface area contributed by atoms with Crippen LogP contribution in [0.15, 0.2) is 17.7 Å². The van der Waals surface area contributed by atoms with E-state index in [1.54, 1.807) is 6.92 Å². The zero-order valence-electron chi connectivity index (χ0n) is 15.9. The number of carbonyl (C=O) groups is 2. The van der Waals surface area contributed by atoms with Gasteiger partial charge in [-0.1, -0.05) is 5.57 Å². The van der Waals surface area contributed by atoms with Crippen LogP contribution in [0.2, 0.25) is 0 Å². The molecule has 7 nitrogen and oxygen atoms in total. The first-order valence-corrected chi connectivity index (χ1v) is 9.39. The van der Waals surface area contributed by atoms with Crippen LogP contribution in [0, 0.1) is 12.8 Å². The molecule has 1 aromatic carbocycles. The fraction of sp³-hybridized carbons (Fsp3) is 0.524. The molecule has 3 rings (SSSR count). The van der Waals surface area contributed by atoms with Gasteiger partial charge in [0, 0.05) is 36.0 Å². The smallest absolute Gasteiger partial charge is 0.186 e. The largest absolute Gasteiger partial charge is 0.508 e. The Hall–Kier alpha value is -2.06. The summed E-state index contributed by atoms with van der Waals surface area (Å²) in [5.41, 5.74) is 2.50. The van der Waals surface area contributed by atoms with E-state index < -0.39 is 30.1 Å². The Morgan fingerprint density at radius 3 is 2.46 bits per heavy atom. The summed E-state index contributed by atoms with van der Waals surface area (Å²) in [5.74, 6) is -1.91. The number of aliphatic hydroxyl groups excluding tert-OH is 4. The second-order valence-corrected chi connectivity index (χ2v) is 7.96. The van der Waals surface area contributed by atoms with E-state index in [9.17, 15) is 35.1 Å². The van der Waals surface area contributed by atoms with Gasteiger partial charge in [-0.3, -0.25) is 9.59 Å². The third-order valence-electron chi connectivity index (χ3n) is 5.87. The van der Waals surface area contributed by atoms with Gasteiger partial charge in [0.2, 0.25) is 0 Å². The van der Waals surface area contributed by atoms with Crippen LogP contribution < -0.4 is 0 Å². The number of phenolic OH excluding ortho intramolecular Hbond substituents is 1. The molecule has 0 aliphatic heterocycles. The number of aliphatic hydroxyl groups is 4. The maximum atomic E-state index is 12.7. The number of aromatic hydroxyl groups is 1.